The summed E-state index contributed by atoms with van der Waals surface area (Å²) in [5.74, 6) is -0.462. The summed E-state index contributed by atoms with van der Waals surface area (Å²) in [4.78, 5) is 11.8. The van der Waals surface area contributed by atoms with Crippen molar-refractivity contribution in [3.63, 3.8) is 0 Å². The lowest BCUT2D eigenvalue weighted by atomic mass is 9.72. The van der Waals surface area contributed by atoms with E-state index in [1.807, 2.05) is 6.92 Å². The molecule has 2 atom stereocenters. The van der Waals surface area contributed by atoms with Crippen molar-refractivity contribution >= 4 is 5.91 Å². The first-order chi connectivity index (χ1) is 12.0. The summed E-state index contributed by atoms with van der Waals surface area (Å²) in [6.45, 7) is 6.37. The first-order valence-corrected chi connectivity index (χ1v) is 10.6. The molecule has 3 heteroatoms. The molecule has 148 valence electrons. The van der Waals surface area contributed by atoms with Gasteiger partial charge in [-0.2, -0.15) is 0 Å². The molecule has 0 fully saturated rings. The summed E-state index contributed by atoms with van der Waals surface area (Å²) in [6.07, 6.45) is 19.6. The van der Waals surface area contributed by atoms with Gasteiger partial charge in [-0.15, -0.1) is 0 Å². The van der Waals surface area contributed by atoms with E-state index in [9.17, 15) is 9.90 Å². The van der Waals surface area contributed by atoms with E-state index in [1.54, 1.807) is 0 Å². The van der Waals surface area contributed by atoms with Gasteiger partial charge in [0.15, 0.2) is 0 Å². The highest BCUT2D eigenvalue weighted by Gasteiger charge is 2.36. The van der Waals surface area contributed by atoms with Gasteiger partial charge in [-0.1, -0.05) is 77.9 Å². The second kappa shape index (κ2) is 15.4. The molecule has 3 N–H and O–H groups in total. The van der Waals surface area contributed by atoms with Crippen LogP contribution in [-0.4, -0.2) is 17.6 Å². The molecule has 3 nitrogen and oxygen atoms in total. The summed E-state index contributed by atoms with van der Waals surface area (Å²) in [5.41, 5.74) is 5.25. The van der Waals surface area contributed by atoms with Gasteiger partial charge in [0, 0.05) is 17.9 Å². The number of unbranched alkanes of at least 4 members (excludes halogenated alkanes) is 8. The van der Waals surface area contributed by atoms with Crippen molar-refractivity contribution in [1.82, 2.24) is 0 Å². The molecule has 0 rings (SSSR count). The molecule has 0 aromatic rings. The number of allylic oxidation sites excluding steroid dienone is 2. The fourth-order valence-corrected chi connectivity index (χ4v) is 3.66. The van der Waals surface area contributed by atoms with Crippen LogP contribution >= 0.6 is 0 Å². The molecule has 0 saturated heterocycles. The third kappa shape index (κ3) is 11.4. The van der Waals surface area contributed by atoms with Crippen molar-refractivity contribution in [2.75, 3.05) is 6.61 Å². The maximum atomic E-state index is 11.8. The van der Waals surface area contributed by atoms with E-state index in [-0.39, 0.29) is 23.8 Å². The lowest BCUT2D eigenvalue weighted by molar-refractivity contribution is -0.127. The summed E-state index contributed by atoms with van der Waals surface area (Å²) in [5, 5.41) is 9.71. The Balaban J connectivity index is 3.86. The quantitative estimate of drug-likeness (QED) is 0.258. The van der Waals surface area contributed by atoms with E-state index in [2.05, 4.69) is 26.0 Å². The molecule has 0 spiro atoms. The Labute approximate surface area is 156 Å². The van der Waals surface area contributed by atoms with E-state index < -0.39 is 0 Å². The number of hydrogen-bond donors (Lipinski definition) is 2. The molecule has 0 aliphatic heterocycles. The van der Waals surface area contributed by atoms with Crippen LogP contribution in [0.3, 0.4) is 0 Å². The number of aliphatic hydroxyl groups is 1. The van der Waals surface area contributed by atoms with Crippen LogP contribution in [0.15, 0.2) is 12.2 Å². The Bertz CT molecular complexity index is 354. The van der Waals surface area contributed by atoms with E-state index in [1.165, 1.54) is 44.9 Å². The second-order valence-electron chi connectivity index (χ2n) is 7.83. The molecule has 0 radical (unpaired) electrons. The largest absolute Gasteiger partial charge is 0.396 e. The number of aliphatic hydroxyl groups excluding tert-OH is 1. The minimum Gasteiger partial charge on any atom is -0.396 e. The molecule has 0 bridgehead atoms. The summed E-state index contributed by atoms with van der Waals surface area (Å²) < 4.78 is 0. The van der Waals surface area contributed by atoms with Crippen LogP contribution in [0.25, 0.3) is 0 Å². The van der Waals surface area contributed by atoms with Crippen LogP contribution in [0.1, 0.15) is 104 Å². The van der Waals surface area contributed by atoms with Gasteiger partial charge in [0.2, 0.25) is 5.91 Å². The molecular formula is C22H43NO2. The summed E-state index contributed by atoms with van der Waals surface area (Å²) in [7, 11) is 0. The van der Waals surface area contributed by atoms with Crippen LogP contribution in [0.2, 0.25) is 0 Å². The van der Waals surface area contributed by atoms with E-state index in [4.69, 9.17) is 5.73 Å². The number of hydrogen-bond acceptors (Lipinski definition) is 2. The average molecular weight is 354 g/mol. The molecule has 0 aliphatic carbocycles. The van der Waals surface area contributed by atoms with Crippen molar-refractivity contribution in [3.8, 4) is 0 Å². The van der Waals surface area contributed by atoms with Gasteiger partial charge in [0.25, 0.3) is 0 Å². The molecule has 0 heterocycles. The number of primary amides is 1. The van der Waals surface area contributed by atoms with E-state index in [0.29, 0.717) is 0 Å². The number of rotatable bonds is 17. The molecule has 25 heavy (non-hydrogen) atoms. The van der Waals surface area contributed by atoms with Gasteiger partial charge in [-0.25, -0.2) is 0 Å². The van der Waals surface area contributed by atoms with Crippen molar-refractivity contribution in [2.45, 2.75) is 104 Å². The standard InChI is InChI=1S/C22H43NO2/c1-4-6-7-8-9-10-11-12-13-14-15-16-17-20(21(23)25)22(3,19-24)18-5-2/h10-11,20,24H,4-9,12-19H2,1-3H3,(H2,23,25)/b11-10-. The first-order valence-electron chi connectivity index (χ1n) is 10.6. The van der Waals surface area contributed by atoms with Gasteiger partial charge >= 0.3 is 0 Å². The SMILES string of the molecule is CCCCCC/C=C\CCCCCCC(C(N)=O)C(C)(CO)CCC. The Morgan fingerprint density at radius 1 is 0.960 bits per heavy atom. The fourth-order valence-electron chi connectivity index (χ4n) is 3.66. The van der Waals surface area contributed by atoms with Crippen molar-refractivity contribution in [1.29, 1.82) is 0 Å². The van der Waals surface area contributed by atoms with Crippen molar-refractivity contribution in [2.24, 2.45) is 17.1 Å². The number of carbonyl (C=O) groups excluding carboxylic acids is 1. The smallest absolute Gasteiger partial charge is 0.221 e. The minimum absolute atomic E-state index is 0.0392. The van der Waals surface area contributed by atoms with Gasteiger partial charge in [-0.3, -0.25) is 4.79 Å². The van der Waals surface area contributed by atoms with Gasteiger partial charge < -0.3 is 10.8 Å². The maximum absolute atomic E-state index is 11.8. The maximum Gasteiger partial charge on any atom is 0.221 e. The Kier molecular flexibility index (Phi) is 14.9. The van der Waals surface area contributed by atoms with Crippen LogP contribution in [0.4, 0.5) is 0 Å². The lowest BCUT2D eigenvalue weighted by Crippen LogP contribution is -2.40. The van der Waals surface area contributed by atoms with Gasteiger partial charge in [0.05, 0.1) is 0 Å². The van der Waals surface area contributed by atoms with Crippen LogP contribution in [-0.2, 0) is 4.79 Å². The van der Waals surface area contributed by atoms with Gasteiger partial charge in [-0.05, 0) is 38.5 Å². The molecule has 2 unspecified atom stereocenters. The number of amides is 1. The molecular weight excluding hydrogens is 310 g/mol. The highest BCUT2D eigenvalue weighted by molar-refractivity contribution is 5.77. The monoisotopic (exact) mass is 353 g/mol. The molecule has 0 aromatic carbocycles. The fraction of sp³-hybridized carbons (Fsp3) is 0.864. The normalized spacial score (nSPS) is 15.4. The van der Waals surface area contributed by atoms with Crippen molar-refractivity contribution in [3.05, 3.63) is 12.2 Å². The zero-order chi connectivity index (χ0) is 19.0. The summed E-state index contributed by atoms with van der Waals surface area (Å²) in [6, 6.07) is 0. The Morgan fingerprint density at radius 3 is 2.00 bits per heavy atom. The lowest BCUT2D eigenvalue weighted by Gasteiger charge is -2.34. The molecule has 0 saturated carbocycles. The van der Waals surface area contributed by atoms with Crippen LogP contribution in [0, 0.1) is 11.3 Å². The average Bonchev–Trinajstić information content (AvgIpc) is 2.58. The zero-order valence-electron chi connectivity index (χ0n) is 17.1. The summed E-state index contributed by atoms with van der Waals surface area (Å²) >= 11 is 0. The predicted octanol–water partition coefficient (Wildman–Crippen LogP) is 5.75. The number of carbonyl (C=O) groups is 1. The van der Waals surface area contributed by atoms with E-state index in [0.717, 1.165) is 38.5 Å². The highest BCUT2D eigenvalue weighted by Crippen LogP contribution is 2.35. The van der Waals surface area contributed by atoms with Gasteiger partial charge in [0.1, 0.15) is 0 Å². The third-order valence-corrected chi connectivity index (χ3v) is 5.37. The Hall–Kier alpha value is -0.830. The zero-order valence-corrected chi connectivity index (χ0v) is 17.1. The minimum atomic E-state index is -0.360. The van der Waals surface area contributed by atoms with Crippen molar-refractivity contribution < 1.29 is 9.90 Å². The first kappa shape index (κ1) is 24.2. The van der Waals surface area contributed by atoms with Crippen LogP contribution < -0.4 is 5.73 Å². The van der Waals surface area contributed by atoms with E-state index >= 15 is 0 Å². The second-order valence-corrected chi connectivity index (χ2v) is 7.83. The highest BCUT2D eigenvalue weighted by atomic mass is 16.3. The topological polar surface area (TPSA) is 63.3 Å². The Morgan fingerprint density at radius 2 is 1.52 bits per heavy atom. The molecule has 0 aliphatic rings. The molecule has 1 amide bonds. The third-order valence-electron chi connectivity index (χ3n) is 5.37. The predicted molar refractivity (Wildman–Crippen MR) is 108 cm³/mol. The van der Waals surface area contributed by atoms with Crippen LogP contribution in [0.5, 0.6) is 0 Å². The molecule has 0 aromatic heterocycles. The number of nitrogens with two attached hydrogens (primary N) is 1.